The van der Waals surface area contributed by atoms with Gasteiger partial charge in [-0.3, -0.25) is 9.69 Å². The number of rotatable bonds is 10. The molecule has 1 saturated heterocycles. The van der Waals surface area contributed by atoms with Crippen molar-refractivity contribution in [2.75, 3.05) is 32.7 Å². The minimum Gasteiger partial charge on any atom is -0.340 e. The molecule has 3 nitrogen and oxygen atoms in total. The second-order valence-corrected chi connectivity index (χ2v) is 6.09. The van der Waals surface area contributed by atoms with Gasteiger partial charge in [-0.2, -0.15) is 0 Å². The molecular formula is C17H34N2O. The minimum absolute atomic E-state index is 0.350. The smallest absolute Gasteiger partial charge is 0.222 e. The van der Waals surface area contributed by atoms with E-state index >= 15 is 0 Å². The second-order valence-electron chi connectivity index (χ2n) is 6.09. The number of hydrogen-bond donors (Lipinski definition) is 0. The van der Waals surface area contributed by atoms with E-state index in [2.05, 4.69) is 18.7 Å². The average molecular weight is 282 g/mol. The second kappa shape index (κ2) is 11.1. The van der Waals surface area contributed by atoms with Crippen molar-refractivity contribution in [3.63, 3.8) is 0 Å². The Labute approximate surface area is 125 Å². The van der Waals surface area contributed by atoms with Crippen molar-refractivity contribution < 1.29 is 4.79 Å². The fourth-order valence-corrected chi connectivity index (χ4v) is 2.89. The maximum atomic E-state index is 11.8. The molecular weight excluding hydrogens is 248 g/mol. The maximum Gasteiger partial charge on any atom is 0.222 e. The molecule has 0 aromatic rings. The molecule has 0 bridgehead atoms. The summed E-state index contributed by atoms with van der Waals surface area (Å²) in [5.74, 6) is 0.350. The van der Waals surface area contributed by atoms with Gasteiger partial charge in [0.2, 0.25) is 5.91 Å². The van der Waals surface area contributed by atoms with Crippen LogP contribution in [0.25, 0.3) is 0 Å². The van der Waals surface area contributed by atoms with Gasteiger partial charge in [-0.15, -0.1) is 0 Å². The SMILES string of the molecule is CCCCCCCCCN1CCN(C(=O)CCC)CC1. The van der Waals surface area contributed by atoms with Crippen LogP contribution in [0.3, 0.4) is 0 Å². The molecule has 0 atom stereocenters. The van der Waals surface area contributed by atoms with Crippen molar-refractivity contribution in [2.45, 2.75) is 71.6 Å². The molecule has 1 heterocycles. The van der Waals surface area contributed by atoms with Crippen LogP contribution in [0.4, 0.5) is 0 Å². The molecule has 1 amide bonds. The molecule has 0 unspecified atom stereocenters. The monoisotopic (exact) mass is 282 g/mol. The first-order chi connectivity index (χ1) is 9.77. The molecule has 3 heteroatoms. The van der Waals surface area contributed by atoms with Gasteiger partial charge in [0.15, 0.2) is 0 Å². The molecule has 1 aliphatic heterocycles. The van der Waals surface area contributed by atoms with Crippen molar-refractivity contribution in [2.24, 2.45) is 0 Å². The Balaban J connectivity index is 1.98. The summed E-state index contributed by atoms with van der Waals surface area (Å²) >= 11 is 0. The molecule has 1 rings (SSSR count). The highest BCUT2D eigenvalue weighted by molar-refractivity contribution is 5.76. The van der Waals surface area contributed by atoms with Crippen LogP contribution in [0, 0.1) is 0 Å². The van der Waals surface area contributed by atoms with Crippen molar-refractivity contribution in [3.05, 3.63) is 0 Å². The number of piperazine rings is 1. The van der Waals surface area contributed by atoms with Crippen LogP contribution < -0.4 is 0 Å². The van der Waals surface area contributed by atoms with Crippen LogP contribution in [-0.4, -0.2) is 48.4 Å². The van der Waals surface area contributed by atoms with Gasteiger partial charge in [0.25, 0.3) is 0 Å². The van der Waals surface area contributed by atoms with Crippen LogP contribution in [0.5, 0.6) is 0 Å². The van der Waals surface area contributed by atoms with Gasteiger partial charge in [0.1, 0.15) is 0 Å². The third-order valence-corrected chi connectivity index (χ3v) is 4.27. The molecule has 0 radical (unpaired) electrons. The first-order valence-electron chi connectivity index (χ1n) is 8.78. The summed E-state index contributed by atoms with van der Waals surface area (Å²) in [5, 5.41) is 0. The summed E-state index contributed by atoms with van der Waals surface area (Å²) < 4.78 is 0. The quantitative estimate of drug-likeness (QED) is 0.571. The summed E-state index contributed by atoms with van der Waals surface area (Å²) in [7, 11) is 0. The van der Waals surface area contributed by atoms with Gasteiger partial charge < -0.3 is 4.90 Å². The number of hydrogen-bond acceptors (Lipinski definition) is 2. The fraction of sp³-hybridized carbons (Fsp3) is 0.941. The Morgan fingerprint density at radius 1 is 0.800 bits per heavy atom. The summed E-state index contributed by atoms with van der Waals surface area (Å²) in [6.07, 6.45) is 11.3. The Morgan fingerprint density at radius 3 is 2.00 bits per heavy atom. The van der Waals surface area contributed by atoms with Gasteiger partial charge in [0.05, 0.1) is 0 Å². The van der Waals surface area contributed by atoms with E-state index in [4.69, 9.17) is 0 Å². The lowest BCUT2D eigenvalue weighted by atomic mass is 10.1. The predicted molar refractivity (Wildman–Crippen MR) is 85.9 cm³/mol. The Hall–Kier alpha value is -0.570. The summed E-state index contributed by atoms with van der Waals surface area (Å²) in [5.41, 5.74) is 0. The lowest BCUT2D eigenvalue weighted by Crippen LogP contribution is -2.48. The molecule has 1 aliphatic rings. The third kappa shape index (κ3) is 7.28. The largest absolute Gasteiger partial charge is 0.340 e. The Kier molecular flexibility index (Phi) is 9.73. The van der Waals surface area contributed by atoms with Gasteiger partial charge in [-0.05, 0) is 19.4 Å². The molecule has 0 aromatic carbocycles. The van der Waals surface area contributed by atoms with E-state index in [0.29, 0.717) is 5.91 Å². The lowest BCUT2D eigenvalue weighted by molar-refractivity contribution is -0.132. The van der Waals surface area contributed by atoms with Crippen LogP contribution in [0.2, 0.25) is 0 Å². The number of nitrogens with zero attached hydrogens (tertiary/aromatic N) is 2. The van der Waals surface area contributed by atoms with Crippen molar-refractivity contribution >= 4 is 5.91 Å². The Morgan fingerprint density at radius 2 is 1.40 bits per heavy atom. The van der Waals surface area contributed by atoms with Crippen molar-refractivity contribution in [1.29, 1.82) is 0 Å². The van der Waals surface area contributed by atoms with Gasteiger partial charge >= 0.3 is 0 Å². The minimum atomic E-state index is 0.350. The number of unbranched alkanes of at least 4 members (excludes halogenated alkanes) is 6. The first kappa shape index (κ1) is 17.5. The van der Waals surface area contributed by atoms with E-state index in [1.165, 1.54) is 51.5 Å². The average Bonchev–Trinajstić information content (AvgIpc) is 2.47. The molecule has 1 fully saturated rings. The van der Waals surface area contributed by atoms with Crippen LogP contribution in [0.1, 0.15) is 71.6 Å². The molecule has 0 aliphatic carbocycles. The van der Waals surface area contributed by atoms with Gasteiger partial charge in [-0.1, -0.05) is 52.4 Å². The van der Waals surface area contributed by atoms with E-state index in [0.717, 1.165) is 39.0 Å². The normalized spacial score (nSPS) is 16.6. The summed E-state index contributed by atoms with van der Waals surface area (Å²) in [4.78, 5) is 16.4. The standard InChI is InChI=1S/C17H34N2O/c1-3-5-6-7-8-9-10-12-18-13-15-19(16-14-18)17(20)11-4-2/h3-16H2,1-2H3. The van der Waals surface area contributed by atoms with E-state index in [9.17, 15) is 4.79 Å². The molecule has 20 heavy (non-hydrogen) atoms. The van der Waals surface area contributed by atoms with E-state index in [1.54, 1.807) is 0 Å². The predicted octanol–water partition coefficient (Wildman–Crippen LogP) is 3.68. The highest BCUT2D eigenvalue weighted by Crippen LogP contribution is 2.09. The molecule has 0 saturated carbocycles. The highest BCUT2D eigenvalue weighted by atomic mass is 16.2. The molecule has 0 spiro atoms. The summed E-state index contributed by atoms with van der Waals surface area (Å²) in [6.45, 7) is 9.60. The topological polar surface area (TPSA) is 23.6 Å². The highest BCUT2D eigenvalue weighted by Gasteiger charge is 2.19. The molecule has 118 valence electrons. The van der Waals surface area contributed by atoms with Gasteiger partial charge in [0, 0.05) is 32.6 Å². The third-order valence-electron chi connectivity index (χ3n) is 4.27. The van der Waals surface area contributed by atoms with E-state index in [-0.39, 0.29) is 0 Å². The fourth-order valence-electron chi connectivity index (χ4n) is 2.89. The zero-order valence-corrected chi connectivity index (χ0v) is 13.7. The number of carbonyl (C=O) groups excluding carboxylic acids is 1. The van der Waals surface area contributed by atoms with Crippen LogP contribution in [-0.2, 0) is 4.79 Å². The molecule has 0 aromatic heterocycles. The van der Waals surface area contributed by atoms with Gasteiger partial charge in [-0.25, -0.2) is 0 Å². The lowest BCUT2D eigenvalue weighted by Gasteiger charge is -2.34. The van der Waals surface area contributed by atoms with Crippen molar-refractivity contribution in [1.82, 2.24) is 9.80 Å². The Bertz CT molecular complexity index is 247. The first-order valence-corrected chi connectivity index (χ1v) is 8.78. The summed E-state index contributed by atoms with van der Waals surface area (Å²) in [6, 6.07) is 0. The molecule has 0 N–H and O–H groups in total. The van der Waals surface area contributed by atoms with E-state index < -0.39 is 0 Å². The van der Waals surface area contributed by atoms with Crippen LogP contribution in [0.15, 0.2) is 0 Å². The number of amides is 1. The van der Waals surface area contributed by atoms with Crippen molar-refractivity contribution in [3.8, 4) is 0 Å². The maximum absolute atomic E-state index is 11.8. The van der Waals surface area contributed by atoms with Crippen LogP contribution >= 0.6 is 0 Å². The number of carbonyl (C=O) groups is 1. The zero-order chi connectivity index (χ0) is 14.6. The zero-order valence-electron chi connectivity index (χ0n) is 13.7. The van der Waals surface area contributed by atoms with E-state index in [1.807, 2.05) is 4.90 Å².